The summed E-state index contributed by atoms with van der Waals surface area (Å²) in [5, 5.41) is 3.54. The number of para-hydroxylation sites is 1. The highest BCUT2D eigenvalue weighted by atomic mass is 16.5. The fraction of sp³-hybridized carbons (Fsp3) is 0.250. The third-order valence-corrected chi connectivity index (χ3v) is 3.95. The number of nitrogens with zero attached hydrogens (tertiary/aromatic N) is 2. The van der Waals surface area contributed by atoms with Crippen LogP contribution in [0.3, 0.4) is 0 Å². The number of anilines is 1. The Hall–Kier alpha value is -3.35. The van der Waals surface area contributed by atoms with E-state index in [1.807, 2.05) is 31.2 Å². The summed E-state index contributed by atoms with van der Waals surface area (Å²) in [6, 6.07) is 12.7. The Kier molecular flexibility index (Phi) is 5.71. The first-order valence-electron chi connectivity index (χ1n) is 8.55. The van der Waals surface area contributed by atoms with Crippen LogP contribution in [0.2, 0.25) is 0 Å². The second-order valence-corrected chi connectivity index (χ2v) is 5.72. The lowest BCUT2D eigenvalue weighted by molar-refractivity contribution is -0.118. The first-order chi connectivity index (χ1) is 13.1. The van der Waals surface area contributed by atoms with Crippen LogP contribution < -0.4 is 19.5 Å². The fourth-order valence-corrected chi connectivity index (χ4v) is 2.59. The van der Waals surface area contributed by atoms with E-state index in [0.29, 0.717) is 35.3 Å². The van der Waals surface area contributed by atoms with Crippen molar-refractivity contribution in [3.8, 4) is 17.4 Å². The van der Waals surface area contributed by atoms with Crippen molar-refractivity contribution < 1.29 is 19.0 Å². The van der Waals surface area contributed by atoms with E-state index in [0.717, 1.165) is 10.9 Å². The standard InChI is InChI=1S/C20H21N3O4/c1-4-18-21-15-8-6-5-7-14(15)20(23-18)27-12-19(24)22-16-11-13(25-2)9-10-17(16)26-3/h5-11H,4,12H2,1-3H3,(H,22,24). The van der Waals surface area contributed by atoms with Gasteiger partial charge in [-0.25, -0.2) is 4.98 Å². The van der Waals surface area contributed by atoms with Crippen LogP contribution in [0.4, 0.5) is 5.69 Å². The van der Waals surface area contributed by atoms with Gasteiger partial charge in [0.2, 0.25) is 5.88 Å². The molecule has 27 heavy (non-hydrogen) atoms. The van der Waals surface area contributed by atoms with E-state index in [2.05, 4.69) is 15.3 Å². The zero-order valence-electron chi connectivity index (χ0n) is 15.5. The molecule has 0 bridgehead atoms. The van der Waals surface area contributed by atoms with Crippen LogP contribution >= 0.6 is 0 Å². The Morgan fingerprint density at radius 3 is 2.63 bits per heavy atom. The molecule has 7 heteroatoms. The minimum Gasteiger partial charge on any atom is -0.497 e. The molecule has 0 unspecified atom stereocenters. The van der Waals surface area contributed by atoms with Crippen molar-refractivity contribution >= 4 is 22.5 Å². The molecule has 0 saturated heterocycles. The van der Waals surface area contributed by atoms with Crippen LogP contribution in [0.5, 0.6) is 17.4 Å². The molecule has 0 spiro atoms. The highest BCUT2D eigenvalue weighted by Gasteiger charge is 2.12. The summed E-state index contributed by atoms with van der Waals surface area (Å²) < 4.78 is 16.1. The lowest BCUT2D eigenvalue weighted by Crippen LogP contribution is -2.21. The maximum atomic E-state index is 12.4. The zero-order chi connectivity index (χ0) is 19.2. The third kappa shape index (κ3) is 4.25. The predicted octanol–water partition coefficient (Wildman–Crippen LogP) is 3.23. The summed E-state index contributed by atoms with van der Waals surface area (Å²) in [4.78, 5) is 21.2. The minimum absolute atomic E-state index is 0.190. The van der Waals surface area contributed by atoms with Crippen molar-refractivity contribution in [1.82, 2.24) is 9.97 Å². The number of ether oxygens (including phenoxy) is 3. The Labute approximate surface area is 157 Å². The van der Waals surface area contributed by atoms with E-state index >= 15 is 0 Å². The molecule has 2 aromatic carbocycles. The largest absolute Gasteiger partial charge is 0.497 e. The number of nitrogens with one attached hydrogen (secondary N) is 1. The molecular formula is C20H21N3O4. The van der Waals surface area contributed by atoms with Gasteiger partial charge in [0.1, 0.15) is 17.3 Å². The van der Waals surface area contributed by atoms with Crippen LogP contribution in [-0.4, -0.2) is 36.7 Å². The van der Waals surface area contributed by atoms with Crippen LogP contribution in [0.25, 0.3) is 10.9 Å². The van der Waals surface area contributed by atoms with Crippen molar-refractivity contribution in [3.05, 3.63) is 48.3 Å². The molecule has 1 heterocycles. The Balaban J connectivity index is 1.76. The van der Waals surface area contributed by atoms with Crippen LogP contribution in [0.1, 0.15) is 12.7 Å². The molecule has 1 aromatic heterocycles. The Bertz CT molecular complexity index is 959. The maximum Gasteiger partial charge on any atom is 0.262 e. The Morgan fingerprint density at radius 1 is 1.07 bits per heavy atom. The van der Waals surface area contributed by atoms with Crippen molar-refractivity contribution in [1.29, 1.82) is 0 Å². The number of aryl methyl sites for hydroxylation is 1. The second kappa shape index (κ2) is 8.35. The molecule has 0 fully saturated rings. The first kappa shape index (κ1) is 18.4. The molecular weight excluding hydrogens is 346 g/mol. The summed E-state index contributed by atoms with van der Waals surface area (Å²) in [5.74, 6) is 1.87. The minimum atomic E-state index is -0.331. The smallest absolute Gasteiger partial charge is 0.262 e. The van der Waals surface area contributed by atoms with Crippen LogP contribution in [0, 0.1) is 0 Å². The van der Waals surface area contributed by atoms with Crippen molar-refractivity contribution in [2.45, 2.75) is 13.3 Å². The number of hydrogen-bond donors (Lipinski definition) is 1. The average molecular weight is 367 g/mol. The van der Waals surface area contributed by atoms with Gasteiger partial charge in [0, 0.05) is 12.5 Å². The lowest BCUT2D eigenvalue weighted by Gasteiger charge is -2.13. The Morgan fingerprint density at radius 2 is 1.89 bits per heavy atom. The first-order valence-corrected chi connectivity index (χ1v) is 8.55. The molecule has 3 rings (SSSR count). The summed E-state index contributed by atoms with van der Waals surface area (Å²) in [5.41, 5.74) is 1.29. The topological polar surface area (TPSA) is 82.6 Å². The third-order valence-electron chi connectivity index (χ3n) is 3.95. The van der Waals surface area contributed by atoms with Gasteiger partial charge < -0.3 is 19.5 Å². The summed E-state index contributed by atoms with van der Waals surface area (Å²) in [6.07, 6.45) is 0.675. The lowest BCUT2D eigenvalue weighted by atomic mass is 10.2. The highest BCUT2D eigenvalue weighted by molar-refractivity contribution is 5.94. The molecule has 0 saturated carbocycles. The maximum absolute atomic E-state index is 12.4. The van der Waals surface area contributed by atoms with Gasteiger partial charge in [0.15, 0.2) is 6.61 Å². The summed E-state index contributed by atoms with van der Waals surface area (Å²) in [6.45, 7) is 1.78. The van der Waals surface area contributed by atoms with Crippen molar-refractivity contribution in [3.63, 3.8) is 0 Å². The molecule has 7 nitrogen and oxygen atoms in total. The van der Waals surface area contributed by atoms with Crippen molar-refractivity contribution in [2.75, 3.05) is 26.1 Å². The molecule has 1 N–H and O–H groups in total. The van der Waals surface area contributed by atoms with E-state index in [1.54, 1.807) is 25.3 Å². The second-order valence-electron chi connectivity index (χ2n) is 5.72. The van der Waals surface area contributed by atoms with E-state index in [-0.39, 0.29) is 12.5 Å². The van der Waals surface area contributed by atoms with Gasteiger partial charge >= 0.3 is 0 Å². The molecule has 0 atom stereocenters. The van der Waals surface area contributed by atoms with E-state index in [9.17, 15) is 4.79 Å². The number of fused-ring (bicyclic) bond motifs is 1. The number of amides is 1. The number of methoxy groups -OCH3 is 2. The number of benzene rings is 2. The van der Waals surface area contributed by atoms with Gasteiger partial charge in [-0.2, -0.15) is 4.98 Å². The van der Waals surface area contributed by atoms with Crippen LogP contribution in [-0.2, 0) is 11.2 Å². The molecule has 0 aliphatic carbocycles. The van der Waals surface area contributed by atoms with Gasteiger partial charge in [-0.3, -0.25) is 4.79 Å². The summed E-state index contributed by atoms with van der Waals surface area (Å²) >= 11 is 0. The van der Waals surface area contributed by atoms with Gasteiger partial charge in [-0.1, -0.05) is 19.1 Å². The zero-order valence-corrected chi connectivity index (χ0v) is 15.5. The molecule has 0 aliphatic heterocycles. The fourth-order valence-electron chi connectivity index (χ4n) is 2.59. The SMILES string of the molecule is CCc1nc(OCC(=O)Nc2cc(OC)ccc2OC)c2ccccc2n1. The normalized spacial score (nSPS) is 10.5. The molecule has 140 valence electrons. The van der Waals surface area contributed by atoms with Gasteiger partial charge in [-0.15, -0.1) is 0 Å². The number of hydrogen-bond acceptors (Lipinski definition) is 6. The van der Waals surface area contributed by atoms with Crippen molar-refractivity contribution in [2.24, 2.45) is 0 Å². The predicted molar refractivity (Wildman–Crippen MR) is 103 cm³/mol. The number of carbonyl (C=O) groups excluding carboxylic acids is 1. The molecule has 0 radical (unpaired) electrons. The molecule has 1 amide bonds. The highest BCUT2D eigenvalue weighted by Crippen LogP contribution is 2.29. The van der Waals surface area contributed by atoms with E-state index in [4.69, 9.17) is 14.2 Å². The average Bonchev–Trinajstić information content (AvgIpc) is 2.71. The van der Waals surface area contributed by atoms with E-state index < -0.39 is 0 Å². The molecule has 0 aliphatic rings. The number of carbonyl (C=O) groups is 1. The number of aromatic nitrogens is 2. The van der Waals surface area contributed by atoms with Gasteiger partial charge in [-0.05, 0) is 24.3 Å². The quantitative estimate of drug-likeness (QED) is 0.690. The number of rotatable bonds is 7. The van der Waals surface area contributed by atoms with Crippen LogP contribution in [0.15, 0.2) is 42.5 Å². The van der Waals surface area contributed by atoms with E-state index in [1.165, 1.54) is 7.11 Å². The van der Waals surface area contributed by atoms with Gasteiger partial charge in [0.05, 0.1) is 30.8 Å². The molecule has 3 aromatic rings. The summed E-state index contributed by atoms with van der Waals surface area (Å²) in [7, 11) is 3.09. The van der Waals surface area contributed by atoms with Gasteiger partial charge in [0.25, 0.3) is 5.91 Å². The monoisotopic (exact) mass is 367 g/mol.